The summed E-state index contributed by atoms with van der Waals surface area (Å²) in [4.78, 5) is 22.8. The van der Waals surface area contributed by atoms with Gasteiger partial charge in [-0.25, -0.2) is 0 Å². The molecule has 5 heteroatoms. The van der Waals surface area contributed by atoms with Crippen molar-refractivity contribution in [3.05, 3.63) is 0 Å². The molecule has 0 aliphatic carbocycles. The summed E-state index contributed by atoms with van der Waals surface area (Å²) < 4.78 is 5.95. The summed E-state index contributed by atoms with van der Waals surface area (Å²) in [6, 6.07) is 0. The first-order valence-electron chi connectivity index (χ1n) is 6.43. The molecule has 0 aromatic heterocycles. The topological polar surface area (TPSA) is 69.4 Å². The van der Waals surface area contributed by atoms with E-state index in [2.05, 4.69) is 0 Å². The Morgan fingerprint density at radius 3 is 2.22 bits per heavy atom. The van der Waals surface area contributed by atoms with Gasteiger partial charge in [0.05, 0.1) is 27.1 Å². The molecule has 2 N–H and O–H groups in total. The van der Waals surface area contributed by atoms with Gasteiger partial charge in [-0.1, -0.05) is 13.8 Å². The maximum Gasteiger partial charge on any atom is 0.308 e. The number of carbonyl (C=O) groups excluding carboxylic acids is 2. The molecule has 0 saturated carbocycles. The van der Waals surface area contributed by atoms with Crippen molar-refractivity contribution in [2.75, 3.05) is 34.3 Å². The minimum Gasteiger partial charge on any atom is -0.459 e. The highest BCUT2D eigenvalue weighted by Gasteiger charge is 2.22. The van der Waals surface area contributed by atoms with E-state index in [0.29, 0.717) is 19.4 Å². The van der Waals surface area contributed by atoms with E-state index in [4.69, 9.17) is 10.5 Å². The van der Waals surface area contributed by atoms with Crippen molar-refractivity contribution >= 4 is 11.9 Å². The standard InChI is InChI=1S/C13H26N2O3/c1-6-11(12(14)16)9-10(2)13(17)18-8-7-15(3,4)5/h10-11H,6-9H2,1-5H3,(H-,14,16)/p+1. The molecular weight excluding hydrogens is 232 g/mol. The zero-order valence-corrected chi connectivity index (χ0v) is 12.2. The molecule has 0 rings (SSSR count). The largest absolute Gasteiger partial charge is 0.459 e. The predicted molar refractivity (Wildman–Crippen MR) is 70.6 cm³/mol. The summed E-state index contributed by atoms with van der Waals surface area (Å²) in [6.07, 6.45) is 1.13. The van der Waals surface area contributed by atoms with Crippen LogP contribution in [0.25, 0.3) is 0 Å². The minimum absolute atomic E-state index is 0.244. The zero-order chi connectivity index (χ0) is 14.3. The summed E-state index contributed by atoms with van der Waals surface area (Å²) in [5, 5.41) is 0. The predicted octanol–water partition coefficient (Wildman–Crippen LogP) is 0.774. The van der Waals surface area contributed by atoms with Crippen molar-refractivity contribution in [2.24, 2.45) is 17.6 Å². The van der Waals surface area contributed by atoms with Crippen LogP contribution in [0.3, 0.4) is 0 Å². The molecule has 0 aromatic rings. The number of nitrogens with zero attached hydrogens (tertiary/aromatic N) is 1. The van der Waals surface area contributed by atoms with E-state index >= 15 is 0 Å². The van der Waals surface area contributed by atoms with E-state index in [-0.39, 0.29) is 23.7 Å². The second-order valence-corrected chi connectivity index (χ2v) is 5.83. The molecule has 18 heavy (non-hydrogen) atoms. The van der Waals surface area contributed by atoms with Crippen LogP contribution < -0.4 is 5.73 Å². The molecule has 0 bridgehead atoms. The summed E-state index contributed by atoms with van der Waals surface area (Å²) in [7, 11) is 6.12. The molecule has 5 nitrogen and oxygen atoms in total. The molecule has 2 unspecified atom stereocenters. The highest BCUT2D eigenvalue weighted by molar-refractivity contribution is 5.78. The maximum atomic E-state index is 11.7. The van der Waals surface area contributed by atoms with Crippen LogP contribution in [0.15, 0.2) is 0 Å². The van der Waals surface area contributed by atoms with Crippen LogP contribution in [-0.2, 0) is 14.3 Å². The van der Waals surface area contributed by atoms with Crippen LogP contribution in [0, 0.1) is 11.8 Å². The van der Waals surface area contributed by atoms with Crippen molar-refractivity contribution in [1.82, 2.24) is 0 Å². The normalized spacial score (nSPS) is 14.9. The van der Waals surface area contributed by atoms with Crippen LogP contribution in [0.1, 0.15) is 26.7 Å². The lowest BCUT2D eigenvalue weighted by Crippen LogP contribution is -2.38. The van der Waals surface area contributed by atoms with Crippen molar-refractivity contribution < 1.29 is 18.8 Å². The number of hydrogen-bond acceptors (Lipinski definition) is 3. The lowest BCUT2D eigenvalue weighted by Gasteiger charge is -2.24. The third kappa shape index (κ3) is 7.27. The third-order valence-corrected chi connectivity index (χ3v) is 2.94. The Morgan fingerprint density at radius 2 is 1.83 bits per heavy atom. The Morgan fingerprint density at radius 1 is 1.28 bits per heavy atom. The second kappa shape index (κ2) is 7.36. The lowest BCUT2D eigenvalue weighted by molar-refractivity contribution is -0.870. The van der Waals surface area contributed by atoms with Crippen LogP contribution in [0.2, 0.25) is 0 Å². The molecule has 0 aliphatic rings. The Bertz CT molecular complexity index is 284. The van der Waals surface area contributed by atoms with Crippen LogP contribution in [-0.4, -0.2) is 50.7 Å². The van der Waals surface area contributed by atoms with Gasteiger partial charge in [-0.05, 0) is 12.8 Å². The molecule has 2 atom stereocenters. The summed E-state index contributed by atoms with van der Waals surface area (Å²) >= 11 is 0. The molecule has 1 amide bonds. The quantitative estimate of drug-likeness (QED) is 0.517. The number of ether oxygens (including phenoxy) is 1. The number of primary amides is 1. The number of amides is 1. The van der Waals surface area contributed by atoms with Crippen LogP contribution >= 0.6 is 0 Å². The number of esters is 1. The lowest BCUT2D eigenvalue weighted by atomic mass is 9.93. The molecule has 0 aromatic carbocycles. The van der Waals surface area contributed by atoms with Crippen LogP contribution in [0.4, 0.5) is 0 Å². The fourth-order valence-electron chi connectivity index (χ4n) is 1.57. The van der Waals surface area contributed by atoms with Crippen LogP contribution in [0.5, 0.6) is 0 Å². The number of quaternary nitrogens is 1. The first-order valence-corrected chi connectivity index (χ1v) is 6.43. The number of carbonyl (C=O) groups is 2. The second-order valence-electron chi connectivity index (χ2n) is 5.83. The molecule has 0 aliphatic heterocycles. The number of likely N-dealkylation sites (N-methyl/N-ethyl adjacent to an activating group) is 1. The number of rotatable bonds is 8. The Labute approximate surface area is 110 Å². The first-order chi connectivity index (χ1) is 8.17. The van der Waals surface area contributed by atoms with Gasteiger partial charge >= 0.3 is 5.97 Å². The minimum atomic E-state index is -0.344. The van der Waals surface area contributed by atoms with E-state index < -0.39 is 0 Å². The van der Waals surface area contributed by atoms with E-state index in [1.165, 1.54) is 0 Å². The Kier molecular flexibility index (Phi) is 6.91. The summed E-state index contributed by atoms with van der Waals surface area (Å²) in [5.74, 6) is -1.12. The van der Waals surface area contributed by atoms with E-state index in [1.807, 2.05) is 28.1 Å². The van der Waals surface area contributed by atoms with Gasteiger partial charge in [0.2, 0.25) is 5.91 Å². The average Bonchev–Trinajstić information content (AvgIpc) is 2.22. The van der Waals surface area contributed by atoms with Gasteiger partial charge in [-0.15, -0.1) is 0 Å². The van der Waals surface area contributed by atoms with Gasteiger partial charge in [0.15, 0.2) is 0 Å². The molecule has 0 fully saturated rings. The highest BCUT2D eigenvalue weighted by atomic mass is 16.5. The molecule has 106 valence electrons. The molecule has 0 radical (unpaired) electrons. The molecular formula is C13H27N2O3+. The Balaban J connectivity index is 4.07. The SMILES string of the molecule is CCC(CC(C)C(=O)OCC[N+](C)(C)C)C(N)=O. The summed E-state index contributed by atoms with van der Waals surface area (Å²) in [5.41, 5.74) is 5.26. The van der Waals surface area contributed by atoms with Gasteiger partial charge in [0, 0.05) is 5.92 Å². The van der Waals surface area contributed by atoms with Crippen molar-refractivity contribution in [3.8, 4) is 0 Å². The molecule has 0 spiro atoms. The van der Waals surface area contributed by atoms with Gasteiger partial charge in [0.1, 0.15) is 13.2 Å². The fraction of sp³-hybridized carbons (Fsp3) is 0.846. The Hall–Kier alpha value is -1.10. The highest BCUT2D eigenvalue weighted by Crippen LogP contribution is 2.16. The zero-order valence-electron chi connectivity index (χ0n) is 12.2. The average molecular weight is 259 g/mol. The van der Waals surface area contributed by atoms with E-state index in [1.54, 1.807) is 6.92 Å². The summed E-state index contributed by atoms with van der Waals surface area (Å²) in [6.45, 7) is 4.84. The monoisotopic (exact) mass is 259 g/mol. The van der Waals surface area contributed by atoms with E-state index in [0.717, 1.165) is 11.0 Å². The van der Waals surface area contributed by atoms with Crippen molar-refractivity contribution in [1.29, 1.82) is 0 Å². The van der Waals surface area contributed by atoms with Gasteiger partial charge in [-0.2, -0.15) is 0 Å². The smallest absolute Gasteiger partial charge is 0.308 e. The maximum absolute atomic E-state index is 11.7. The molecule has 0 saturated heterocycles. The first kappa shape index (κ1) is 16.9. The van der Waals surface area contributed by atoms with Crippen molar-refractivity contribution in [3.63, 3.8) is 0 Å². The van der Waals surface area contributed by atoms with Gasteiger partial charge in [-0.3, -0.25) is 9.59 Å². The fourth-order valence-corrected chi connectivity index (χ4v) is 1.57. The van der Waals surface area contributed by atoms with Gasteiger partial charge < -0.3 is 15.0 Å². The van der Waals surface area contributed by atoms with Crippen molar-refractivity contribution in [2.45, 2.75) is 26.7 Å². The van der Waals surface area contributed by atoms with E-state index in [9.17, 15) is 9.59 Å². The number of nitrogens with two attached hydrogens (primary N) is 1. The third-order valence-electron chi connectivity index (χ3n) is 2.94. The molecule has 0 heterocycles. The number of hydrogen-bond donors (Lipinski definition) is 1. The van der Waals surface area contributed by atoms with Gasteiger partial charge in [0.25, 0.3) is 0 Å².